The van der Waals surface area contributed by atoms with Crippen LogP contribution < -0.4 is 9.47 Å². The lowest BCUT2D eigenvalue weighted by Gasteiger charge is -2.16. The van der Waals surface area contributed by atoms with Crippen LogP contribution in [0.5, 0.6) is 11.5 Å². The highest BCUT2D eigenvalue weighted by molar-refractivity contribution is 8.00. The average molecular weight is 579 g/mol. The van der Waals surface area contributed by atoms with Crippen molar-refractivity contribution in [3.05, 3.63) is 96.1 Å². The zero-order valence-corrected chi connectivity index (χ0v) is 24.4. The minimum atomic E-state index is -0.599. The Morgan fingerprint density at radius 3 is 2.20 bits per heavy atom. The highest BCUT2D eigenvalue weighted by Gasteiger charge is 2.22. The lowest BCUT2D eigenvalue weighted by molar-refractivity contribution is -0.140. The molecule has 0 saturated heterocycles. The zero-order valence-electron chi connectivity index (χ0n) is 23.6. The van der Waals surface area contributed by atoms with Gasteiger partial charge in [-0.2, -0.15) is 0 Å². The van der Waals surface area contributed by atoms with Crippen LogP contribution >= 0.6 is 11.8 Å². The summed E-state index contributed by atoms with van der Waals surface area (Å²) in [5.74, 6) is 0.913. The van der Waals surface area contributed by atoms with Crippen molar-refractivity contribution in [2.45, 2.75) is 48.4 Å². The van der Waals surface area contributed by atoms with E-state index in [-0.39, 0.29) is 5.97 Å². The maximum Gasteiger partial charge on any atom is 0.337 e. The number of esters is 2. The molecule has 7 nitrogen and oxygen atoms in total. The van der Waals surface area contributed by atoms with E-state index in [1.54, 1.807) is 24.3 Å². The van der Waals surface area contributed by atoms with Crippen LogP contribution in [-0.4, -0.2) is 55.8 Å². The first-order valence-corrected chi connectivity index (χ1v) is 14.5. The number of aliphatic hydroxyl groups excluding tert-OH is 1. The lowest BCUT2D eigenvalue weighted by Crippen LogP contribution is -2.21. The fourth-order valence-electron chi connectivity index (χ4n) is 3.94. The zero-order chi connectivity index (χ0) is 29.3. The number of hydrogen-bond donors (Lipinski definition) is 1. The van der Waals surface area contributed by atoms with E-state index in [1.807, 2.05) is 66.7 Å². The van der Waals surface area contributed by atoms with Gasteiger partial charge in [0.25, 0.3) is 0 Å². The van der Waals surface area contributed by atoms with Crippen LogP contribution in [0.4, 0.5) is 0 Å². The van der Waals surface area contributed by atoms with Gasteiger partial charge in [0.1, 0.15) is 16.7 Å². The van der Waals surface area contributed by atoms with Gasteiger partial charge in [-0.3, -0.25) is 4.79 Å². The summed E-state index contributed by atoms with van der Waals surface area (Å²) >= 11 is 1.35. The molecule has 1 unspecified atom stereocenters. The standard InChI is InChI=1S/C33H38O7S/c1-37-32(35)26-16-19-30(20-17-26)41-31(33(36)38-2)21-18-27(34)12-8-10-25-11-9-15-29(24-25)40-23-7-6-22-39-28-13-4-3-5-14-28/h3-5,8-11,13-17,19-20,24,27,31,34H,6-7,12,18,21-23H2,1-2H3/b10-8-/t27-,31?/m1/s1. The Morgan fingerprint density at radius 2 is 1.51 bits per heavy atom. The number of ether oxygens (including phenoxy) is 4. The number of rotatable bonds is 17. The van der Waals surface area contributed by atoms with Crippen molar-refractivity contribution in [1.29, 1.82) is 0 Å². The van der Waals surface area contributed by atoms with Crippen LogP contribution in [0, 0.1) is 0 Å². The maximum atomic E-state index is 12.3. The van der Waals surface area contributed by atoms with Crippen molar-refractivity contribution < 1.29 is 33.6 Å². The van der Waals surface area contributed by atoms with Gasteiger partial charge in [-0.15, -0.1) is 11.8 Å². The van der Waals surface area contributed by atoms with Gasteiger partial charge in [0.2, 0.25) is 0 Å². The highest BCUT2D eigenvalue weighted by atomic mass is 32.2. The number of hydrogen-bond acceptors (Lipinski definition) is 8. The summed E-state index contributed by atoms with van der Waals surface area (Å²) in [6.45, 7) is 1.26. The van der Waals surface area contributed by atoms with Gasteiger partial charge in [0.15, 0.2) is 0 Å². The van der Waals surface area contributed by atoms with Gasteiger partial charge in [-0.05, 0) is 86.2 Å². The molecule has 0 radical (unpaired) electrons. The number of benzene rings is 3. The highest BCUT2D eigenvalue weighted by Crippen LogP contribution is 2.28. The average Bonchev–Trinajstić information content (AvgIpc) is 3.01. The molecule has 0 aliphatic heterocycles. The predicted molar refractivity (Wildman–Crippen MR) is 161 cm³/mol. The SMILES string of the molecule is COC(=O)c1ccc(SC(CC[C@H](O)C/C=C\c2cccc(OCCCCOc3ccccc3)c2)C(=O)OC)cc1. The third-order valence-corrected chi connectivity index (χ3v) is 7.43. The van der Waals surface area contributed by atoms with Crippen molar-refractivity contribution in [2.24, 2.45) is 0 Å². The number of para-hydroxylation sites is 1. The topological polar surface area (TPSA) is 91.3 Å². The fraction of sp³-hybridized carbons (Fsp3) is 0.333. The second kappa shape index (κ2) is 17.8. The molecule has 218 valence electrons. The summed E-state index contributed by atoms with van der Waals surface area (Å²) in [5.41, 5.74) is 1.43. The molecule has 0 amide bonds. The molecule has 2 atom stereocenters. The third kappa shape index (κ3) is 11.7. The van der Waals surface area contributed by atoms with Gasteiger partial charge >= 0.3 is 11.9 Å². The molecular weight excluding hydrogens is 540 g/mol. The van der Waals surface area contributed by atoms with Crippen LogP contribution in [0.3, 0.4) is 0 Å². The summed E-state index contributed by atoms with van der Waals surface area (Å²) in [6.07, 6.45) is 6.43. The molecule has 0 spiro atoms. The molecule has 41 heavy (non-hydrogen) atoms. The van der Waals surface area contributed by atoms with Crippen molar-refractivity contribution >= 4 is 29.8 Å². The van der Waals surface area contributed by atoms with Crippen molar-refractivity contribution in [3.8, 4) is 11.5 Å². The Bertz CT molecular complexity index is 1230. The molecule has 3 aromatic carbocycles. The molecule has 8 heteroatoms. The summed E-state index contributed by atoms with van der Waals surface area (Å²) < 4.78 is 21.3. The molecule has 0 aromatic heterocycles. The molecular formula is C33H38O7S. The smallest absolute Gasteiger partial charge is 0.337 e. The van der Waals surface area contributed by atoms with E-state index in [0.29, 0.717) is 38.0 Å². The van der Waals surface area contributed by atoms with E-state index in [9.17, 15) is 14.7 Å². The minimum absolute atomic E-state index is 0.352. The van der Waals surface area contributed by atoms with Gasteiger partial charge in [-0.1, -0.05) is 42.5 Å². The molecule has 0 aliphatic rings. The molecule has 0 saturated carbocycles. The second-order valence-corrected chi connectivity index (χ2v) is 10.6. The Kier molecular flexibility index (Phi) is 13.8. The minimum Gasteiger partial charge on any atom is -0.494 e. The quantitative estimate of drug-likeness (QED) is 0.109. The van der Waals surface area contributed by atoms with Crippen molar-refractivity contribution in [3.63, 3.8) is 0 Å². The number of thioether (sulfide) groups is 1. The molecule has 0 aliphatic carbocycles. The normalized spacial score (nSPS) is 12.5. The molecule has 0 fully saturated rings. The van der Waals surface area contributed by atoms with Crippen molar-refractivity contribution in [1.82, 2.24) is 0 Å². The first-order chi connectivity index (χ1) is 20.0. The number of carbonyl (C=O) groups excluding carboxylic acids is 2. The van der Waals surface area contributed by atoms with Crippen molar-refractivity contribution in [2.75, 3.05) is 27.4 Å². The number of carbonyl (C=O) groups is 2. The first-order valence-electron chi connectivity index (χ1n) is 13.7. The predicted octanol–water partition coefficient (Wildman–Crippen LogP) is 6.59. The largest absolute Gasteiger partial charge is 0.494 e. The van der Waals surface area contributed by atoms with E-state index < -0.39 is 17.3 Å². The Hall–Kier alpha value is -3.75. The fourth-order valence-corrected chi connectivity index (χ4v) is 5.01. The number of methoxy groups -OCH3 is 2. The summed E-state index contributed by atoms with van der Waals surface area (Å²) in [4.78, 5) is 24.8. The van der Waals surface area contributed by atoms with E-state index in [1.165, 1.54) is 26.0 Å². The third-order valence-electron chi connectivity index (χ3n) is 6.18. The van der Waals surface area contributed by atoms with E-state index >= 15 is 0 Å². The van der Waals surface area contributed by atoms with Crippen LogP contribution in [0.2, 0.25) is 0 Å². The lowest BCUT2D eigenvalue weighted by atomic mass is 10.1. The molecule has 3 aromatic rings. The van der Waals surface area contributed by atoms with E-state index in [2.05, 4.69) is 0 Å². The van der Waals surface area contributed by atoms with Crippen LogP contribution in [0.25, 0.3) is 6.08 Å². The summed E-state index contributed by atoms with van der Waals surface area (Å²) in [5, 5.41) is 10.1. The number of unbranched alkanes of at least 4 members (excludes halogenated alkanes) is 1. The molecule has 0 heterocycles. The van der Waals surface area contributed by atoms with E-state index in [4.69, 9.17) is 18.9 Å². The van der Waals surface area contributed by atoms with Gasteiger partial charge in [-0.25, -0.2) is 4.79 Å². The maximum absolute atomic E-state index is 12.3. The second-order valence-electron chi connectivity index (χ2n) is 9.30. The van der Waals surface area contributed by atoms with Gasteiger partial charge in [0, 0.05) is 4.90 Å². The Morgan fingerprint density at radius 1 is 0.829 bits per heavy atom. The first kappa shape index (κ1) is 31.8. The van der Waals surface area contributed by atoms with Crippen LogP contribution in [0.15, 0.2) is 89.8 Å². The summed E-state index contributed by atoms with van der Waals surface area (Å²) in [6, 6.07) is 24.5. The number of aliphatic hydroxyl groups is 1. The van der Waals surface area contributed by atoms with Gasteiger partial charge in [0.05, 0.1) is 39.1 Å². The molecule has 3 rings (SSSR count). The van der Waals surface area contributed by atoms with Gasteiger partial charge < -0.3 is 24.1 Å². The summed E-state index contributed by atoms with van der Waals surface area (Å²) in [7, 11) is 2.69. The molecule has 0 bridgehead atoms. The van der Waals surface area contributed by atoms with E-state index in [0.717, 1.165) is 34.8 Å². The molecule has 1 N–H and O–H groups in total. The monoisotopic (exact) mass is 578 g/mol. The van der Waals surface area contributed by atoms with Crippen LogP contribution in [0.1, 0.15) is 48.0 Å². The van der Waals surface area contributed by atoms with Crippen LogP contribution in [-0.2, 0) is 14.3 Å². The Balaban J connectivity index is 1.38. The Labute approximate surface area is 246 Å².